The normalized spacial score (nSPS) is 11.7. The molecule has 0 radical (unpaired) electrons. The molecule has 0 unspecified atom stereocenters. The number of aryl methyl sites for hydroxylation is 4. The second-order valence-corrected chi connectivity index (χ2v) is 15.9. The predicted octanol–water partition coefficient (Wildman–Crippen LogP) is 14.2. The average Bonchev–Trinajstić information content (AvgIpc) is 3.85. The van der Waals surface area contributed by atoms with Crippen LogP contribution in [0.15, 0.2) is 146 Å². The van der Waals surface area contributed by atoms with E-state index in [9.17, 15) is 0 Å². The van der Waals surface area contributed by atoms with E-state index in [1.807, 2.05) is 59.1 Å². The van der Waals surface area contributed by atoms with Crippen LogP contribution in [0.4, 0.5) is 0 Å². The number of benzene rings is 6. The van der Waals surface area contributed by atoms with Crippen molar-refractivity contribution in [3.05, 3.63) is 167 Å². The van der Waals surface area contributed by atoms with Gasteiger partial charge in [0.2, 0.25) is 0 Å². The SMILES string of the molecule is Cc1ccc2sc3ccccc3c2c1.Cc1cccc2c1sc1ccccc12.Cc1ccccc1.Cc1sc(-c2ccccc2)c2c1OCCO2. The molecule has 0 amide bonds. The van der Waals surface area contributed by atoms with Crippen molar-refractivity contribution in [1.82, 2.24) is 0 Å². The number of hydrogen-bond donors (Lipinski definition) is 0. The summed E-state index contributed by atoms with van der Waals surface area (Å²) in [6.45, 7) is 9.77. The molecular formula is C46H40O2S3. The van der Waals surface area contributed by atoms with Crippen molar-refractivity contribution in [3.8, 4) is 21.9 Å². The molecule has 3 aromatic heterocycles. The number of hydrogen-bond acceptors (Lipinski definition) is 5. The van der Waals surface area contributed by atoms with Crippen LogP contribution >= 0.6 is 34.0 Å². The molecule has 0 aliphatic carbocycles. The summed E-state index contributed by atoms with van der Waals surface area (Å²) < 4.78 is 16.9. The molecule has 0 N–H and O–H groups in total. The van der Waals surface area contributed by atoms with Crippen molar-refractivity contribution in [2.24, 2.45) is 0 Å². The van der Waals surface area contributed by atoms with Crippen molar-refractivity contribution in [2.45, 2.75) is 27.7 Å². The summed E-state index contributed by atoms with van der Waals surface area (Å²) in [5.41, 5.74) is 5.23. The van der Waals surface area contributed by atoms with E-state index in [1.165, 1.54) is 72.4 Å². The third-order valence-electron chi connectivity index (χ3n) is 8.67. The van der Waals surface area contributed by atoms with Gasteiger partial charge in [-0.15, -0.1) is 34.0 Å². The fraction of sp³-hybridized carbons (Fsp3) is 0.130. The number of rotatable bonds is 1. The van der Waals surface area contributed by atoms with Gasteiger partial charge in [-0.3, -0.25) is 0 Å². The monoisotopic (exact) mass is 720 g/mol. The molecule has 4 heterocycles. The Balaban J connectivity index is 0.000000110. The fourth-order valence-corrected chi connectivity index (χ4v) is 9.44. The molecule has 0 bridgehead atoms. The van der Waals surface area contributed by atoms with E-state index < -0.39 is 0 Å². The fourth-order valence-electron chi connectivity index (χ4n) is 6.14. The molecule has 6 aromatic carbocycles. The van der Waals surface area contributed by atoms with Gasteiger partial charge in [-0.25, -0.2) is 0 Å². The Morgan fingerprint density at radius 1 is 0.431 bits per heavy atom. The minimum Gasteiger partial charge on any atom is -0.485 e. The molecule has 0 spiro atoms. The third-order valence-corrected chi connectivity index (χ3v) is 12.3. The zero-order valence-electron chi connectivity index (χ0n) is 29.3. The van der Waals surface area contributed by atoms with Crippen molar-refractivity contribution >= 4 is 74.4 Å². The molecule has 51 heavy (non-hydrogen) atoms. The van der Waals surface area contributed by atoms with E-state index in [1.54, 1.807) is 11.3 Å². The van der Waals surface area contributed by atoms with E-state index in [2.05, 4.69) is 137 Å². The lowest BCUT2D eigenvalue weighted by Gasteiger charge is -2.16. The smallest absolute Gasteiger partial charge is 0.180 e. The lowest BCUT2D eigenvalue weighted by molar-refractivity contribution is 0.173. The third kappa shape index (κ3) is 7.87. The van der Waals surface area contributed by atoms with Crippen molar-refractivity contribution in [2.75, 3.05) is 13.2 Å². The van der Waals surface area contributed by atoms with Crippen molar-refractivity contribution in [1.29, 1.82) is 0 Å². The lowest BCUT2D eigenvalue weighted by Crippen LogP contribution is -2.14. The van der Waals surface area contributed by atoms with Crippen LogP contribution in [0, 0.1) is 27.7 Å². The minimum atomic E-state index is 0.642. The molecule has 5 heteroatoms. The molecule has 254 valence electrons. The predicted molar refractivity (Wildman–Crippen MR) is 225 cm³/mol. The van der Waals surface area contributed by atoms with Crippen LogP contribution in [0.25, 0.3) is 50.8 Å². The van der Waals surface area contributed by atoms with Crippen LogP contribution in [0.5, 0.6) is 11.5 Å². The van der Waals surface area contributed by atoms with Crippen LogP contribution in [0.1, 0.15) is 21.6 Å². The molecular weight excluding hydrogens is 681 g/mol. The van der Waals surface area contributed by atoms with Gasteiger partial charge in [0.25, 0.3) is 0 Å². The molecule has 9 aromatic rings. The van der Waals surface area contributed by atoms with Crippen LogP contribution in [-0.4, -0.2) is 13.2 Å². The Morgan fingerprint density at radius 2 is 1.00 bits per heavy atom. The first kappa shape index (κ1) is 34.5. The van der Waals surface area contributed by atoms with Gasteiger partial charge >= 0.3 is 0 Å². The van der Waals surface area contributed by atoms with Gasteiger partial charge in [0.15, 0.2) is 11.5 Å². The Labute approximate surface area is 312 Å². The van der Waals surface area contributed by atoms with Gasteiger partial charge in [0.1, 0.15) is 13.2 Å². The first-order valence-electron chi connectivity index (χ1n) is 17.2. The topological polar surface area (TPSA) is 18.5 Å². The molecule has 0 saturated heterocycles. The highest BCUT2D eigenvalue weighted by Gasteiger charge is 2.22. The average molecular weight is 721 g/mol. The van der Waals surface area contributed by atoms with E-state index in [4.69, 9.17) is 9.47 Å². The van der Waals surface area contributed by atoms with Crippen molar-refractivity contribution in [3.63, 3.8) is 0 Å². The number of fused-ring (bicyclic) bond motifs is 7. The molecule has 1 aliphatic heterocycles. The maximum absolute atomic E-state index is 5.72. The molecule has 10 rings (SSSR count). The zero-order valence-corrected chi connectivity index (χ0v) is 31.8. The van der Waals surface area contributed by atoms with Crippen LogP contribution in [-0.2, 0) is 0 Å². The maximum atomic E-state index is 5.72. The van der Waals surface area contributed by atoms with Gasteiger partial charge in [-0.1, -0.05) is 132 Å². The second kappa shape index (κ2) is 15.9. The van der Waals surface area contributed by atoms with Crippen LogP contribution in [0.3, 0.4) is 0 Å². The Kier molecular flexibility index (Phi) is 10.8. The standard InChI is InChI=1S/C13H12O2S.2C13H10S.C7H8/c1-9-11-12(15-8-7-14-11)13(16-9)10-5-3-2-4-6-10;1-9-5-4-7-11-10-6-2-3-8-12(10)14-13(9)11;1-9-6-7-13-11(8-9)10-4-2-3-5-12(10)14-13;1-7-5-3-2-4-6-7/h2-6H,7-8H2,1H3;2*2-8H,1H3;2-6H,1H3. The van der Waals surface area contributed by atoms with E-state index in [-0.39, 0.29) is 0 Å². The molecule has 0 atom stereocenters. The summed E-state index contributed by atoms with van der Waals surface area (Å²) in [6, 6.07) is 51.0. The summed E-state index contributed by atoms with van der Waals surface area (Å²) in [7, 11) is 0. The largest absolute Gasteiger partial charge is 0.485 e. The molecule has 0 fully saturated rings. The summed E-state index contributed by atoms with van der Waals surface area (Å²) in [5.74, 6) is 1.84. The van der Waals surface area contributed by atoms with Gasteiger partial charge in [-0.2, -0.15) is 0 Å². The summed E-state index contributed by atoms with van der Waals surface area (Å²) >= 11 is 5.49. The minimum absolute atomic E-state index is 0.642. The Hall–Kier alpha value is -4.94. The molecule has 2 nitrogen and oxygen atoms in total. The first-order chi connectivity index (χ1) is 25.0. The van der Waals surface area contributed by atoms with Gasteiger partial charge < -0.3 is 9.47 Å². The lowest BCUT2D eigenvalue weighted by atomic mass is 10.1. The van der Waals surface area contributed by atoms with E-state index in [0.717, 1.165) is 11.5 Å². The molecule has 1 aliphatic rings. The summed E-state index contributed by atoms with van der Waals surface area (Å²) in [6.07, 6.45) is 0. The highest BCUT2D eigenvalue weighted by atomic mass is 32.1. The number of thiophene rings is 3. The Morgan fingerprint density at radius 3 is 1.69 bits per heavy atom. The van der Waals surface area contributed by atoms with Crippen LogP contribution < -0.4 is 9.47 Å². The highest BCUT2D eigenvalue weighted by molar-refractivity contribution is 7.26. The first-order valence-corrected chi connectivity index (χ1v) is 19.6. The summed E-state index contributed by atoms with van der Waals surface area (Å²) in [4.78, 5) is 2.36. The quantitative estimate of drug-likeness (QED) is 0.168. The van der Waals surface area contributed by atoms with Crippen molar-refractivity contribution < 1.29 is 9.47 Å². The number of ether oxygens (including phenoxy) is 2. The second-order valence-electron chi connectivity index (χ2n) is 12.5. The highest BCUT2D eigenvalue weighted by Crippen LogP contribution is 2.48. The van der Waals surface area contributed by atoms with Gasteiger partial charge in [0.05, 0.1) is 4.88 Å². The van der Waals surface area contributed by atoms with Gasteiger partial charge in [-0.05, 0) is 63.1 Å². The van der Waals surface area contributed by atoms with E-state index >= 15 is 0 Å². The zero-order chi connectivity index (χ0) is 35.2. The van der Waals surface area contributed by atoms with Gasteiger partial charge in [0, 0.05) is 45.2 Å². The summed E-state index contributed by atoms with van der Waals surface area (Å²) in [5, 5.41) is 5.56. The van der Waals surface area contributed by atoms with E-state index in [0.29, 0.717) is 13.2 Å². The van der Waals surface area contributed by atoms with Crippen LogP contribution in [0.2, 0.25) is 0 Å². The maximum Gasteiger partial charge on any atom is 0.180 e. The molecule has 0 saturated carbocycles. The Bertz CT molecular complexity index is 2510.